The Morgan fingerprint density at radius 3 is 2.68 bits per heavy atom. The molecular weight excluding hydrogens is 256 g/mol. The molecule has 1 heterocycles. The Morgan fingerprint density at radius 2 is 2.00 bits per heavy atom. The van der Waals surface area contributed by atoms with Crippen molar-refractivity contribution in [3.8, 4) is 0 Å². The van der Waals surface area contributed by atoms with Crippen molar-refractivity contribution in [3.05, 3.63) is 45.1 Å². The summed E-state index contributed by atoms with van der Waals surface area (Å²) < 4.78 is 0. The van der Waals surface area contributed by atoms with Gasteiger partial charge in [-0.1, -0.05) is 6.92 Å². The number of nitrogens with one attached hydrogen (secondary N) is 1. The first kappa shape index (κ1) is 13.6. The molecular formula is C15H18N2OS. The van der Waals surface area contributed by atoms with Crippen molar-refractivity contribution in [2.45, 2.75) is 27.2 Å². The van der Waals surface area contributed by atoms with Crippen LogP contribution in [-0.4, -0.2) is 5.91 Å². The van der Waals surface area contributed by atoms with Crippen molar-refractivity contribution in [2.24, 2.45) is 0 Å². The zero-order valence-electron chi connectivity index (χ0n) is 11.4. The maximum absolute atomic E-state index is 12.2. The first-order valence-electron chi connectivity index (χ1n) is 6.27. The average Bonchev–Trinajstić information content (AvgIpc) is 2.84. The van der Waals surface area contributed by atoms with Gasteiger partial charge in [0.2, 0.25) is 0 Å². The van der Waals surface area contributed by atoms with E-state index in [-0.39, 0.29) is 5.91 Å². The van der Waals surface area contributed by atoms with Gasteiger partial charge in [0.1, 0.15) is 0 Å². The molecule has 2 aromatic rings. The highest BCUT2D eigenvalue weighted by Crippen LogP contribution is 2.25. The molecule has 0 aliphatic carbocycles. The number of carbonyl (C=O) groups excluding carboxylic acids is 1. The quantitative estimate of drug-likeness (QED) is 0.837. The zero-order valence-corrected chi connectivity index (χ0v) is 12.2. The molecule has 19 heavy (non-hydrogen) atoms. The van der Waals surface area contributed by atoms with E-state index in [1.807, 2.05) is 44.4 Å². The van der Waals surface area contributed by atoms with Gasteiger partial charge in [0, 0.05) is 0 Å². The number of thiophene rings is 1. The Kier molecular flexibility index (Phi) is 3.90. The van der Waals surface area contributed by atoms with E-state index in [1.54, 1.807) is 0 Å². The van der Waals surface area contributed by atoms with E-state index < -0.39 is 0 Å². The fourth-order valence-electron chi connectivity index (χ4n) is 1.94. The second-order valence-electron chi connectivity index (χ2n) is 4.61. The van der Waals surface area contributed by atoms with Crippen LogP contribution in [-0.2, 0) is 6.42 Å². The minimum Gasteiger partial charge on any atom is -0.397 e. The number of anilines is 2. The smallest absolute Gasteiger partial charge is 0.266 e. The van der Waals surface area contributed by atoms with Gasteiger partial charge in [-0.25, -0.2) is 0 Å². The molecule has 0 spiro atoms. The summed E-state index contributed by atoms with van der Waals surface area (Å²) in [5.74, 6) is -0.0817. The van der Waals surface area contributed by atoms with Crippen molar-refractivity contribution >= 4 is 28.6 Å². The molecule has 3 N–H and O–H groups in total. The lowest BCUT2D eigenvalue weighted by Crippen LogP contribution is -2.13. The fourth-order valence-corrected chi connectivity index (χ4v) is 2.83. The molecule has 0 fully saturated rings. The molecule has 0 bridgehead atoms. The molecule has 0 saturated carbocycles. The SMILES string of the molecule is CCc1ccsc1C(=O)Nc1cc(C)c(C)cc1N. The number of carbonyl (C=O) groups is 1. The van der Waals surface area contributed by atoms with Gasteiger partial charge in [-0.15, -0.1) is 11.3 Å². The van der Waals surface area contributed by atoms with Crippen LogP contribution in [0.1, 0.15) is 33.3 Å². The Bertz CT molecular complexity index is 617. The maximum Gasteiger partial charge on any atom is 0.266 e. The predicted molar refractivity (Wildman–Crippen MR) is 82.0 cm³/mol. The summed E-state index contributed by atoms with van der Waals surface area (Å²) >= 11 is 1.46. The first-order valence-corrected chi connectivity index (χ1v) is 7.15. The summed E-state index contributed by atoms with van der Waals surface area (Å²) in [5, 5.41) is 4.84. The van der Waals surface area contributed by atoms with Crippen LogP contribution in [0.4, 0.5) is 11.4 Å². The monoisotopic (exact) mass is 274 g/mol. The first-order chi connectivity index (χ1) is 9.02. The number of rotatable bonds is 3. The molecule has 100 valence electrons. The van der Waals surface area contributed by atoms with Gasteiger partial charge in [-0.2, -0.15) is 0 Å². The lowest BCUT2D eigenvalue weighted by Gasteiger charge is -2.11. The number of aryl methyl sites for hydroxylation is 3. The van der Waals surface area contributed by atoms with Crippen LogP contribution in [0.3, 0.4) is 0 Å². The van der Waals surface area contributed by atoms with Gasteiger partial charge in [-0.3, -0.25) is 4.79 Å². The van der Waals surface area contributed by atoms with E-state index in [0.29, 0.717) is 11.4 Å². The third-order valence-electron chi connectivity index (χ3n) is 3.25. The molecule has 0 radical (unpaired) electrons. The van der Waals surface area contributed by atoms with E-state index in [9.17, 15) is 4.79 Å². The van der Waals surface area contributed by atoms with Crippen molar-refractivity contribution < 1.29 is 4.79 Å². The highest BCUT2D eigenvalue weighted by molar-refractivity contribution is 7.12. The highest BCUT2D eigenvalue weighted by Gasteiger charge is 2.13. The minimum atomic E-state index is -0.0817. The third-order valence-corrected chi connectivity index (χ3v) is 4.20. The van der Waals surface area contributed by atoms with Gasteiger partial charge in [0.25, 0.3) is 5.91 Å². The summed E-state index contributed by atoms with van der Waals surface area (Å²) in [6, 6.07) is 5.80. The van der Waals surface area contributed by atoms with Crippen LogP contribution < -0.4 is 11.1 Å². The zero-order chi connectivity index (χ0) is 14.0. The highest BCUT2D eigenvalue weighted by atomic mass is 32.1. The van der Waals surface area contributed by atoms with Crippen LogP contribution in [0.15, 0.2) is 23.6 Å². The van der Waals surface area contributed by atoms with E-state index in [0.717, 1.165) is 28.0 Å². The number of benzene rings is 1. The average molecular weight is 274 g/mol. The molecule has 1 aromatic heterocycles. The van der Waals surface area contributed by atoms with Crippen molar-refractivity contribution in [2.75, 3.05) is 11.1 Å². The van der Waals surface area contributed by atoms with E-state index in [2.05, 4.69) is 5.32 Å². The van der Waals surface area contributed by atoms with Gasteiger partial charge >= 0.3 is 0 Å². The number of nitrogen functional groups attached to an aromatic ring is 1. The molecule has 0 aliphatic heterocycles. The molecule has 0 aliphatic rings. The number of hydrogen-bond donors (Lipinski definition) is 2. The van der Waals surface area contributed by atoms with Crippen LogP contribution in [0.5, 0.6) is 0 Å². The third kappa shape index (κ3) is 2.79. The number of nitrogens with two attached hydrogens (primary N) is 1. The maximum atomic E-state index is 12.2. The molecule has 2 rings (SSSR count). The van der Waals surface area contributed by atoms with Gasteiger partial charge in [-0.05, 0) is 60.5 Å². The topological polar surface area (TPSA) is 55.1 Å². The second-order valence-corrected chi connectivity index (χ2v) is 5.52. The van der Waals surface area contributed by atoms with E-state index >= 15 is 0 Å². The molecule has 1 amide bonds. The summed E-state index contributed by atoms with van der Waals surface area (Å²) in [5.41, 5.74) is 10.6. The molecule has 1 aromatic carbocycles. The van der Waals surface area contributed by atoms with Gasteiger partial charge in [0.15, 0.2) is 0 Å². The number of amides is 1. The molecule has 0 unspecified atom stereocenters. The van der Waals surface area contributed by atoms with Crippen molar-refractivity contribution in [1.29, 1.82) is 0 Å². The predicted octanol–water partition coefficient (Wildman–Crippen LogP) is 3.76. The Hall–Kier alpha value is -1.81. The number of hydrogen-bond acceptors (Lipinski definition) is 3. The lowest BCUT2D eigenvalue weighted by atomic mass is 10.1. The normalized spacial score (nSPS) is 10.5. The minimum absolute atomic E-state index is 0.0817. The fraction of sp³-hybridized carbons (Fsp3) is 0.267. The van der Waals surface area contributed by atoms with Crippen LogP contribution in [0.25, 0.3) is 0 Å². The van der Waals surface area contributed by atoms with Crippen molar-refractivity contribution in [3.63, 3.8) is 0 Å². The second kappa shape index (κ2) is 5.45. The van der Waals surface area contributed by atoms with Crippen molar-refractivity contribution in [1.82, 2.24) is 0 Å². The van der Waals surface area contributed by atoms with Crippen LogP contribution in [0, 0.1) is 13.8 Å². The largest absolute Gasteiger partial charge is 0.397 e. The molecule has 0 atom stereocenters. The lowest BCUT2D eigenvalue weighted by molar-refractivity contribution is 0.103. The van der Waals surface area contributed by atoms with Gasteiger partial charge < -0.3 is 11.1 Å². The van der Waals surface area contributed by atoms with Gasteiger partial charge in [0.05, 0.1) is 16.3 Å². The van der Waals surface area contributed by atoms with E-state index in [4.69, 9.17) is 5.73 Å². The van der Waals surface area contributed by atoms with E-state index in [1.165, 1.54) is 11.3 Å². The summed E-state index contributed by atoms with van der Waals surface area (Å²) in [4.78, 5) is 13.0. The Balaban J connectivity index is 2.27. The summed E-state index contributed by atoms with van der Waals surface area (Å²) in [6.07, 6.45) is 0.856. The van der Waals surface area contributed by atoms with Crippen LogP contribution >= 0.6 is 11.3 Å². The molecule has 0 saturated heterocycles. The summed E-state index contributed by atoms with van der Waals surface area (Å²) in [7, 11) is 0. The Morgan fingerprint density at radius 1 is 1.32 bits per heavy atom. The van der Waals surface area contributed by atoms with Crippen LogP contribution in [0.2, 0.25) is 0 Å². The molecule has 4 heteroatoms. The Labute approximate surface area is 117 Å². The summed E-state index contributed by atoms with van der Waals surface area (Å²) in [6.45, 7) is 6.06. The molecule has 3 nitrogen and oxygen atoms in total. The standard InChI is InChI=1S/C15H18N2OS/c1-4-11-5-6-19-14(11)15(18)17-13-8-10(3)9(2)7-12(13)16/h5-8H,4,16H2,1-3H3,(H,17,18).